The van der Waals surface area contributed by atoms with Gasteiger partial charge in [-0.3, -0.25) is 4.72 Å². The van der Waals surface area contributed by atoms with E-state index >= 15 is 0 Å². The van der Waals surface area contributed by atoms with Crippen LogP contribution in [0.25, 0.3) is 11.3 Å². The number of aromatic nitrogens is 2. The van der Waals surface area contributed by atoms with E-state index < -0.39 is 21.8 Å². The van der Waals surface area contributed by atoms with E-state index in [4.69, 9.17) is 0 Å². The lowest BCUT2D eigenvalue weighted by Crippen LogP contribution is -2.38. The lowest BCUT2D eigenvalue weighted by molar-refractivity contribution is -0.137. The van der Waals surface area contributed by atoms with Crippen LogP contribution in [0, 0.1) is 6.92 Å². The van der Waals surface area contributed by atoms with Crippen LogP contribution in [0.2, 0.25) is 0 Å². The zero-order valence-electron chi connectivity index (χ0n) is 18.4. The van der Waals surface area contributed by atoms with Gasteiger partial charge in [0.15, 0.2) is 5.03 Å². The Balaban J connectivity index is 1.64. The number of pyridine rings is 2. The molecule has 34 heavy (non-hydrogen) atoms. The Kier molecular flexibility index (Phi) is 6.76. The van der Waals surface area contributed by atoms with Crippen molar-refractivity contribution in [1.29, 1.82) is 0 Å². The van der Waals surface area contributed by atoms with Gasteiger partial charge in [-0.25, -0.2) is 9.97 Å². The highest BCUT2D eigenvalue weighted by Crippen LogP contribution is 2.38. The molecule has 0 aliphatic carbocycles. The Morgan fingerprint density at radius 1 is 1.00 bits per heavy atom. The minimum absolute atomic E-state index is 0.125. The van der Waals surface area contributed by atoms with Crippen molar-refractivity contribution in [1.82, 2.24) is 15.3 Å². The quantitative estimate of drug-likeness (QED) is 0.472. The number of nitrogens with zero attached hydrogens (tertiary/aromatic N) is 2. The first kappa shape index (κ1) is 24.0. The van der Waals surface area contributed by atoms with Crippen LogP contribution in [-0.4, -0.2) is 37.5 Å². The summed E-state index contributed by atoms with van der Waals surface area (Å²) in [6.45, 7) is 3.35. The van der Waals surface area contributed by atoms with Crippen molar-refractivity contribution in [3.8, 4) is 11.3 Å². The Labute approximate surface area is 195 Å². The largest absolute Gasteiger partial charge is 0.418 e. The van der Waals surface area contributed by atoms with Crippen molar-refractivity contribution < 1.29 is 21.6 Å². The molecule has 1 atom stereocenters. The van der Waals surface area contributed by atoms with E-state index in [0.717, 1.165) is 38.1 Å². The summed E-state index contributed by atoms with van der Waals surface area (Å²) in [7, 11) is -4.19. The van der Waals surface area contributed by atoms with Crippen LogP contribution in [0.3, 0.4) is 0 Å². The van der Waals surface area contributed by atoms with Crippen molar-refractivity contribution in [3.63, 3.8) is 0 Å². The van der Waals surface area contributed by atoms with Crippen molar-refractivity contribution in [2.45, 2.75) is 37.0 Å². The van der Waals surface area contributed by atoms with Gasteiger partial charge in [-0.1, -0.05) is 30.3 Å². The molecule has 1 saturated heterocycles. The lowest BCUT2D eigenvalue weighted by Gasteiger charge is -2.24. The number of rotatable bonds is 6. The molecule has 3 heterocycles. The minimum atomic E-state index is -4.66. The van der Waals surface area contributed by atoms with Crippen molar-refractivity contribution in [2.75, 3.05) is 23.1 Å². The molecule has 3 aromatic rings. The number of hydrogen-bond donors (Lipinski definition) is 3. The molecule has 7 nitrogen and oxygen atoms in total. The Hall–Kier alpha value is -3.18. The molecule has 4 rings (SSSR count). The van der Waals surface area contributed by atoms with Gasteiger partial charge in [-0.15, -0.1) is 0 Å². The number of hydrogen-bond acceptors (Lipinski definition) is 6. The maximum absolute atomic E-state index is 13.6. The van der Waals surface area contributed by atoms with Crippen LogP contribution in [0.15, 0.2) is 59.6 Å². The van der Waals surface area contributed by atoms with Crippen LogP contribution < -0.4 is 15.4 Å². The summed E-state index contributed by atoms with van der Waals surface area (Å²) in [5.41, 5.74) is -0.450. The highest BCUT2D eigenvalue weighted by atomic mass is 32.2. The number of nitrogens with one attached hydrogen (secondary N) is 3. The summed E-state index contributed by atoms with van der Waals surface area (Å²) < 4.78 is 69.1. The average Bonchev–Trinajstić information content (AvgIpc) is 2.79. The predicted molar refractivity (Wildman–Crippen MR) is 124 cm³/mol. The fourth-order valence-electron chi connectivity index (χ4n) is 3.81. The summed E-state index contributed by atoms with van der Waals surface area (Å²) in [5, 5.41) is 6.21. The van der Waals surface area contributed by atoms with Gasteiger partial charge in [-0.05, 0) is 56.1 Å². The van der Waals surface area contributed by atoms with Gasteiger partial charge in [0.05, 0.1) is 11.3 Å². The molecule has 1 aliphatic heterocycles. The van der Waals surface area contributed by atoms with Crippen LogP contribution >= 0.6 is 0 Å². The molecular weight excluding hydrogens is 467 g/mol. The minimum Gasteiger partial charge on any atom is -0.366 e. The first-order chi connectivity index (χ1) is 16.1. The van der Waals surface area contributed by atoms with E-state index in [-0.39, 0.29) is 28.1 Å². The molecule has 2 aromatic heterocycles. The third kappa shape index (κ3) is 5.48. The molecule has 0 bridgehead atoms. The molecule has 3 N–H and O–H groups in total. The monoisotopic (exact) mass is 491 g/mol. The second-order valence-electron chi connectivity index (χ2n) is 8.06. The average molecular weight is 492 g/mol. The number of aryl methyl sites for hydroxylation is 1. The normalized spacial score (nSPS) is 16.8. The Morgan fingerprint density at radius 3 is 2.50 bits per heavy atom. The van der Waals surface area contributed by atoms with Gasteiger partial charge in [-0.2, -0.15) is 21.6 Å². The lowest BCUT2D eigenvalue weighted by atomic mass is 10.0. The van der Waals surface area contributed by atoms with Crippen molar-refractivity contribution in [3.05, 3.63) is 65.7 Å². The second-order valence-corrected chi connectivity index (χ2v) is 9.69. The number of sulfonamides is 1. The first-order valence-corrected chi connectivity index (χ1v) is 12.2. The maximum Gasteiger partial charge on any atom is 0.418 e. The second kappa shape index (κ2) is 9.59. The Bertz CT molecular complexity index is 1280. The molecule has 1 aliphatic rings. The number of piperidine rings is 1. The predicted octanol–water partition coefficient (Wildman–Crippen LogP) is 4.44. The summed E-state index contributed by atoms with van der Waals surface area (Å²) in [6.07, 6.45) is -2.72. The molecule has 1 unspecified atom stereocenters. The van der Waals surface area contributed by atoms with Gasteiger partial charge in [0.1, 0.15) is 11.6 Å². The topological polar surface area (TPSA) is 96.0 Å². The molecule has 1 aromatic carbocycles. The SMILES string of the molecule is Cc1ccccc1-c1nc(NS(=O)(=O)c2cccc(NC3CCCNC3)n2)ccc1C(F)(F)F. The third-order valence-electron chi connectivity index (χ3n) is 5.49. The number of anilines is 2. The van der Waals surface area contributed by atoms with E-state index in [0.29, 0.717) is 11.4 Å². The molecule has 0 saturated carbocycles. The molecule has 0 amide bonds. The molecule has 1 fully saturated rings. The zero-order valence-corrected chi connectivity index (χ0v) is 19.2. The van der Waals surface area contributed by atoms with Crippen LogP contribution in [0.4, 0.5) is 24.8 Å². The molecule has 0 radical (unpaired) electrons. The maximum atomic E-state index is 13.6. The number of benzene rings is 1. The molecule has 180 valence electrons. The van der Waals surface area contributed by atoms with E-state index in [9.17, 15) is 21.6 Å². The van der Waals surface area contributed by atoms with Crippen LogP contribution in [0.5, 0.6) is 0 Å². The molecule has 0 spiro atoms. The van der Waals surface area contributed by atoms with E-state index in [2.05, 4.69) is 25.3 Å². The Morgan fingerprint density at radius 2 is 1.79 bits per heavy atom. The van der Waals surface area contributed by atoms with Crippen molar-refractivity contribution in [2.24, 2.45) is 0 Å². The summed E-state index contributed by atoms with van der Waals surface area (Å²) in [6, 6.07) is 13.0. The van der Waals surface area contributed by atoms with Gasteiger partial charge >= 0.3 is 6.18 Å². The van der Waals surface area contributed by atoms with Gasteiger partial charge in [0, 0.05) is 18.2 Å². The molecular formula is C23H24F3N5O2S. The number of alkyl halides is 3. The highest BCUT2D eigenvalue weighted by Gasteiger charge is 2.35. The zero-order chi connectivity index (χ0) is 24.3. The highest BCUT2D eigenvalue weighted by molar-refractivity contribution is 7.92. The smallest absolute Gasteiger partial charge is 0.366 e. The van der Waals surface area contributed by atoms with Gasteiger partial charge in [0.2, 0.25) is 0 Å². The fraction of sp³-hybridized carbons (Fsp3) is 0.304. The third-order valence-corrected chi connectivity index (χ3v) is 6.74. The van der Waals surface area contributed by atoms with E-state index in [1.807, 2.05) is 0 Å². The van der Waals surface area contributed by atoms with E-state index in [1.165, 1.54) is 12.1 Å². The van der Waals surface area contributed by atoms with Gasteiger partial charge in [0.25, 0.3) is 10.0 Å². The number of halogens is 3. The van der Waals surface area contributed by atoms with Gasteiger partial charge < -0.3 is 10.6 Å². The molecule has 11 heteroatoms. The van der Waals surface area contributed by atoms with Crippen LogP contribution in [-0.2, 0) is 16.2 Å². The summed E-state index contributed by atoms with van der Waals surface area (Å²) >= 11 is 0. The summed E-state index contributed by atoms with van der Waals surface area (Å²) in [5.74, 6) is 0.167. The fourth-order valence-corrected chi connectivity index (χ4v) is 4.78. The first-order valence-electron chi connectivity index (χ1n) is 10.7. The van der Waals surface area contributed by atoms with Crippen molar-refractivity contribution >= 4 is 21.7 Å². The van der Waals surface area contributed by atoms with E-state index in [1.54, 1.807) is 37.3 Å². The summed E-state index contributed by atoms with van der Waals surface area (Å²) in [4.78, 5) is 8.22. The standard InChI is InChI=1S/C23H24F3N5O2S/c1-15-6-2-3-8-17(15)22-18(23(24,25)26)11-12-20(30-22)31-34(32,33)21-10-4-9-19(29-21)28-16-7-5-13-27-14-16/h2-4,6,8-12,16,27H,5,7,13-14H2,1H3,(H,28,29)(H,30,31). The van der Waals surface area contributed by atoms with Crippen LogP contribution in [0.1, 0.15) is 24.0 Å².